The van der Waals surface area contributed by atoms with E-state index in [9.17, 15) is 8.42 Å². The zero-order chi connectivity index (χ0) is 18.7. The largest absolute Gasteiger partial charge is 0.265 e. The fourth-order valence-corrected chi connectivity index (χ4v) is 3.74. The lowest BCUT2D eigenvalue weighted by atomic mass is 10.1. The van der Waals surface area contributed by atoms with E-state index in [0.29, 0.717) is 11.3 Å². The Morgan fingerprint density at radius 3 is 2.19 bits per heavy atom. The molecule has 0 radical (unpaired) electrons. The number of nitrogens with zero attached hydrogens (tertiary/aromatic N) is 3. The molecule has 2 aromatic carbocycles. The third-order valence-electron chi connectivity index (χ3n) is 4.01. The van der Waals surface area contributed by atoms with Gasteiger partial charge in [0.15, 0.2) is 0 Å². The Labute approximate surface area is 153 Å². The molecule has 0 spiro atoms. The molecule has 0 fully saturated rings. The van der Waals surface area contributed by atoms with Crippen LogP contribution in [0.15, 0.2) is 71.6 Å². The molecule has 1 aromatic heterocycles. The zero-order valence-corrected chi connectivity index (χ0v) is 15.2. The van der Waals surface area contributed by atoms with Crippen molar-refractivity contribution in [1.82, 2.24) is 4.98 Å². The molecule has 0 N–H and O–H groups in total. The highest BCUT2D eigenvalue weighted by Gasteiger charge is 2.22. The monoisotopic (exact) mass is 363 g/mol. The van der Waals surface area contributed by atoms with Gasteiger partial charge in [-0.05, 0) is 42.3 Å². The summed E-state index contributed by atoms with van der Waals surface area (Å²) in [6.45, 7) is 1.72. The van der Waals surface area contributed by atoms with Crippen LogP contribution in [0.1, 0.15) is 11.3 Å². The molecule has 5 nitrogen and oxygen atoms in total. The van der Waals surface area contributed by atoms with Gasteiger partial charge in [0.1, 0.15) is 5.82 Å². The van der Waals surface area contributed by atoms with Crippen molar-refractivity contribution in [3.05, 3.63) is 78.0 Å². The Kier molecular flexibility index (Phi) is 4.74. The molecule has 26 heavy (non-hydrogen) atoms. The molecule has 0 unspecified atom stereocenters. The summed E-state index contributed by atoms with van der Waals surface area (Å²) < 4.78 is 26.9. The predicted molar refractivity (Wildman–Crippen MR) is 101 cm³/mol. The number of anilines is 1. The van der Waals surface area contributed by atoms with E-state index in [1.54, 1.807) is 37.3 Å². The van der Waals surface area contributed by atoms with Gasteiger partial charge in [0, 0.05) is 12.7 Å². The lowest BCUT2D eigenvalue weighted by molar-refractivity contribution is 0.594. The van der Waals surface area contributed by atoms with Crippen LogP contribution in [0.25, 0.3) is 11.1 Å². The molecule has 0 aliphatic carbocycles. The van der Waals surface area contributed by atoms with Crippen molar-refractivity contribution in [2.45, 2.75) is 11.8 Å². The molecule has 3 rings (SSSR count). The first-order valence-corrected chi connectivity index (χ1v) is 9.39. The SMILES string of the molecule is Cc1cc(C#N)cc(N(C)S(=O)(=O)c2ccc(-c3ccccc3)cc2)n1. The van der Waals surface area contributed by atoms with Gasteiger partial charge in [-0.3, -0.25) is 4.31 Å². The van der Waals surface area contributed by atoms with Crippen molar-refractivity contribution in [1.29, 1.82) is 5.26 Å². The standard InChI is InChI=1S/C20H17N3O2S/c1-15-12-16(14-21)13-20(22-15)23(2)26(24,25)19-10-8-18(9-11-19)17-6-4-3-5-7-17/h3-13H,1-2H3. The van der Waals surface area contributed by atoms with Gasteiger partial charge < -0.3 is 0 Å². The number of hydrogen-bond donors (Lipinski definition) is 0. The number of aryl methyl sites for hydroxylation is 1. The summed E-state index contributed by atoms with van der Waals surface area (Å²) in [6, 6.07) is 21.5. The lowest BCUT2D eigenvalue weighted by Gasteiger charge is -2.19. The molecular weight excluding hydrogens is 346 g/mol. The van der Waals surface area contributed by atoms with Crippen molar-refractivity contribution in [3.63, 3.8) is 0 Å². The summed E-state index contributed by atoms with van der Waals surface area (Å²) in [5.41, 5.74) is 2.91. The minimum absolute atomic E-state index is 0.168. The van der Waals surface area contributed by atoms with E-state index in [4.69, 9.17) is 5.26 Å². The smallest absolute Gasteiger partial charge is 0.253 e. The van der Waals surface area contributed by atoms with Crippen LogP contribution in [0.2, 0.25) is 0 Å². The van der Waals surface area contributed by atoms with Crippen LogP contribution in [0.3, 0.4) is 0 Å². The van der Waals surface area contributed by atoms with Crippen molar-refractivity contribution in [3.8, 4) is 17.2 Å². The lowest BCUT2D eigenvalue weighted by Crippen LogP contribution is -2.27. The summed E-state index contributed by atoms with van der Waals surface area (Å²) in [7, 11) is -2.34. The number of rotatable bonds is 4. The Morgan fingerprint density at radius 2 is 1.58 bits per heavy atom. The van der Waals surface area contributed by atoms with E-state index in [2.05, 4.69) is 4.98 Å². The van der Waals surface area contributed by atoms with Gasteiger partial charge in [0.2, 0.25) is 0 Å². The van der Waals surface area contributed by atoms with Gasteiger partial charge in [0.25, 0.3) is 10.0 Å². The maximum absolute atomic E-state index is 12.9. The fourth-order valence-electron chi connectivity index (χ4n) is 2.61. The molecule has 0 aliphatic rings. The molecule has 0 atom stereocenters. The van der Waals surface area contributed by atoms with Crippen LogP contribution in [0.5, 0.6) is 0 Å². The first-order valence-electron chi connectivity index (χ1n) is 7.95. The first kappa shape index (κ1) is 17.6. The Hall–Kier alpha value is -3.17. The topological polar surface area (TPSA) is 74.1 Å². The summed E-state index contributed by atoms with van der Waals surface area (Å²) in [5, 5.41) is 9.08. The maximum Gasteiger partial charge on any atom is 0.265 e. The fraction of sp³-hybridized carbons (Fsp3) is 0.100. The quantitative estimate of drug-likeness (QED) is 0.707. The number of hydrogen-bond acceptors (Lipinski definition) is 4. The Morgan fingerprint density at radius 1 is 0.962 bits per heavy atom. The molecule has 0 aliphatic heterocycles. The third kappa shape index (κ3) is 3.44. The summed E-state index contributed by atoms with van der Waals surface area (Å²) in [5.74, 6) is 0.216. The highest BCUT2D eigenvalue weighted by atomic mass is 32.2. The van der Waals surface area contributed by atoms with E-state index in [-0.39, 0.29) is 10.7 Å². The Bertz CT molecular complexity index is 1070. The number of aromatic nitrogens is 1. The highest BCUT2D eigenvalue weighted by molar-refractivity contribution is 7.92. The second-order valence-electron chi connectivity index (χ2n) is 5.83. The average Bonchev–Trinajstić information content (AvgIpc) is 2.67. The zero-order valence-electron chi connectivity index (χ0n) is 14.4. The van der Waals surface area contributed by atoms with Crippen molar-refractivity contribution in [2.75, 3.05) is 11.4 Å². The summed E-state index contributed by atoms with van der Waals surface area (Å²) >= 11 is 0. The van der Waals surface area contributed by atoms with Crippen LogP contribution >= 0.6 is 0 Å². The molecule has 0 bridgehead atoms. The second-order valence-corrected chi connectivity index (χ2v) is 7.80. The summed E-state index contributed by atoms with van der Waals surface area (Å²) in [4.78, 5) is 4.40. The first-order chi connectivity index (χ1) is 12.4. The predicted octanol–water partition coefficient (Wildman–Crippen LogP) is 3.75. The van der Waals surface area contributed by atoms with E-state index in [1.807, 2.05) is 36.4 Å². The minimum Gasteiger partial charge on any atom is -0.253 e. The van der Waals surface area contributed by atoms with Gasteiger partial charge in [-0.25, -0.2) is 13.4 Å². The van der Waals surface area contributed by atoms with Gasteiger partial charge in [-0.1, -0.05) is 42.5 Å². The molecule has 1 heterocycles. The molecule has 6 heteroatoms. The summed E-state index contributed by atoms with van der Waals surface area (Å²) in [6.07, 6.45) is 0. The maximum atomic E-state index is 12.9. The van der Waals surface area contributed by atoms with Gasteiger partial charge in [0.05, 0.1) is 16.5 Å². The molecule has 0 saturated carbocycles. The van der Waals surface area contributed by atoms with Crippen molar-refractivity contribution >= 4 is 15.8 Å². The average molecular weight is 363 g/mol. The van der Waals surface area contributed by atoms with E-state index in [0.717, 1.165) is 15.4 Å². The number of benzene rings is 2. The van der Waals surface area contributed by atoms with Crippen molar-refractivity contribution in [2.24, 2.45) is 0 Å². The van der Waals surface area contributed by atoms with Crippen LogP contribution in [0.4, 0.5) is 5.82 Å². The molecule has 130 valence electrons. The van der Waals surface area contributed by atoms with Crippen LogP contribution in [-0.4, -0.2) is 20.4 Å². The number of pyridine rings is 1. The minimum atomic E-state index is -3.77. The van der Waals surface area contributed by atoms with Crippen LogP contribution in [-0.2, 0) is 10.0 Å². The van der Waals surface area contributed by atoms with E-state index >= 15 is 0 Å². The van der Waals surface area contributed by atoms with E-state index in [1.165, 1.54) is 13.1 Å². The van der Waals surface area contributed by atoms with Crippen molar-refractivity contribution < 1.29 is 8.42 Å². The normalized spacial score (nSPS) is 11.0. The molecule has 3 aromatic rings. The van der Waals surface area contributed by atoms with Gasteiger partial charge >= 0.3 is 0 Å². The third-order valence-corrected chi connectivity index (χ3v) is 5.79. The highest BCUT2D eigenvalue weighted by Crippen LogP contribution is 2.25. The van der Waals surface area contributed by atoms with E-state index < -0.39 is 10.0 Å². The second kappa shape index (κ2) is 6.98. The van der Waals surface area contributed by atoms with Crippen LogP contribution in [0, 0.1) is 18.3 Å². The number of nitriles is 1. The molecule has 0 saturated heterocycles. The molecular formula is C20H17N3O2S. The van der Waals surface area contributed by atoms with Crippen LogP contribution < -0.4 is 4.31 Å². The van der Waals surface area contributed by atoms with Gasteiger partial charge in [-0.2, -0.15) is 5.26 Å². The van der Waals surface area contributed by atoms with Gasteiger partial charge in [-0.15, -0.1) is 0 Å². The Balaban J connectivity index is 1.95. The molecule has 0 amide bonds. The number of sulfonamides is 1.